The standard InChI is InChI=1S/C15H18ClN3O/c1-3-19-10-13(16)14(17-19)11-18(2)15(20)9-12-7-5-4-6-8-12/h4-8,10H,3,9,11H2,1-2H3. The van der Waals surface area contributed by atoms with Crippen molar-refractivity contribution in [3.8, 4) is 0 Å². The SMILES string of the molecule is CCn1cc(Cl)c(CN(C)C(=O)Cc2ccccc2)n1. The first-order valence-electron chi connectivity index (χ1n) is 6.60. The number of benzene rings is 1. The Kier molecular flexibility index (Phi) is 4.79. The second-order valence-corrected chi connectivity index (χ2v) is 5.10. The summed E-state index contributed by atoms with van der Waals surface area (Å²) in [5, 5.41) is 4.95. The van der Waals surface area contributed by atoms with E-state index in [9.17, 15) is 4.79 Å². The summed E-state index contributed by atoms with van der Waals surface area (Å²) in [6.45, 7) is 3.19. The minimum atomic E-state index is 0.0540. The number of carbonyl (C=O) groups excluding carboxylic acids is 1. The van der Waals surface area contributed by atoms with Crippen LogP contribution >= 0.6 is 11.6 Å². The predicted molar refractivity (Wildman–Crippen MR) is 79.5 cm³/mol. The maximum atomic E-state index is 12.2. The third-order valence-corrected chi connectivity index (χ3v) is 3.44. The minimum absolute atomic E-state index is 0.0540. The fourth-order valence-corrected chi connectivity index (χ4v) is 2.13. The number of nitrogens with zero attached hydrogens (tertiary/aromatic N) is 3. The highest BCUT2D eigenvalue weighted by Crippen LogP contribution is 2.16. The van der Waals surface area contributed by atoms with Crippen molar-refractivity contribution < 1.29 is 4.79 Å². The zero-order chi connectivity index (χ0) is 14.5. The topological polar surface area (TPSA) is 38.1 Å². The molecule has 4 nitrogen and oxygen atoms in total. The van der Waals surface area contributed by atoms with Crippen LogP contribution in [0.1, 0.15) is 18.2 Å². The lowest BCUT2D eigenvalue weighted by Crippen LogP contribution is -2.28. The van der Waals surface area contributed by atoms with Gasteiger partial charge in [0.05, 0.1) is 18.0 Å². The Balaban J connectivity index is 1.98. The van der Waals surface area contributed by atoms with Gasteiger partial charge >= 0.3 is 0 Å². The van der Waals surface area contributed by atoms with Gasteiger partial charge < -0.3 is 4.90 Å². The molecule has 2 rings (SSSR count). The first kappa shape index (κ1) is 14.6. The van der Waals surface area contributed by atoms with Gasteiger partial charge in [0.2, 0.25) is 5.91 Å². The molecule has 0 unspecified atom stereocenters. The van der Waals surface area contributed by atoms with Gasteiger partial charge in [-0.05, 0) is 12.5 Å². The van der Waals surface area contributed by atoms with Gasteiger partial charge in [-0.25, -0.2) is 0 Å². The van der Waals surface area contributed by atoms with E-state index in [1.165, 1.54) is 0 Å². The third-order valence-electron chi connectivity index (χ3n) is 3.12. The molecule has 1 amide bonds. The maximum Gasteiger partial charge on any atom is 0.227 e. The zero-order valence-electron chi connectivity index (χ0n) is 11.7. The molecule has 0 spiro atoms. The predicted octanol–water partition coefficient (Wildman–Crippen LogP) is 2.76. The number of carbonyl (C=O) groups is 1. The number of aromatic nitrogens is 2. The van der Waals surface area contributed by atoms with Crippen LogP contribution < -0.4 is 0 Å². The van der Waals surface area contributed by atoms with Crippen molar-refractivity contribution in [1.29, 1.82) is 0 Å². The summed E-state index contributed by atoms with van der Waals surface area (Å²) in [6.07, 6.45) is 2.18. The molecule has 0 fully saturated rings. The van der Waals surface area contributed by atoms with Gasteiger partial charge in [-0.15, -0.1) is 0 Å². The lowest BCUT2D eigenvalue weighted by atomic mass is 10.1. The number of amides is 1. The van der Waals surface area contributed by atoms with Gasteiger partial charge in [-0.1, -0.05) is 41.9 Å². The molecule has 0 aliphatic heterocycles. The summed E-state index contributed by atoms with van der Waals surface area (Å²) < 4.78 is 1.77. The van der Waals surface area contributed by atoms with Crippen LogP contribution in [0.25, 0.3) is 0 Å². The van der Waals surface area contributed by atoms with E-state index in [1.807, 2.05) is 37.3 Å². The molecule has 5 heteroatoms. The highest BCUT2D eigenvalue weighted by atomic mass is 35.5. The molecule has 106 valence electrons. The van der Waals surface area contributed by atoms with Gasteiger partial charge in [-0.3, -0.25) is 9.48 Å². The average molecular weight is 292 g/mol. The van der Waals surface area contributed by atoms with E-state index in [0.29, 0.717) is 18.0 Å². The van der Waals surface area contributed by atoms with Gasteiger partial charge in [0.25, 0.3) is 0 Å². The first-order chi connectivity index (χ1) is 9.60. The summed E-state index contributed by atoms with van der Waals surface area (Å²) in [4.78, 5) is 13.8. The lowest BCUT2D eigenvalue weighted by molar-refractivity contribution is -0.129. The van der Waals surface area contributed by atoms with Gasteiger partial charge in [0.15, 0.2) is 0 Å². The largest absolute Gasteiger partial charge is 0.339 e. The maximum absolute atomic E-state index is 12.2. The Morgan fingerprint density at radius 3 is 2.65 bits per heavy atom. The number of aryl methyl sites for hydroxylation is 1. The first-order valence-corrected chi connectivity index (χ1v) is 6.97. The molecule has 1 aromatic carbocycles. The monoisotopic (exact) mass is 291 g/mol. The molecule has 0 radical (unpaired) electrons. The normalized spacial score (nSPS) is 10.6. The second-order valence-electron chi connectivity index (χ2n) is 4.69. The number of likely N-dealkylation sites (N-methyl/N-ethyl adjacent to an activating group) is 1. The van der Waals surface area contributed by atoms with Crippen LogP contribution in [0.3, 0.4) is 0 Å². The highest BCUT2D eigenvalue weighted by molar-refractivity contribution is 6.31. The van der Waals surface area contributed by atoms with E-state index in [4.69, 9.17) is 11.6 Å². The molecule has 0 N–H and O–H groups in total. The van der Waals surface area contributed by atoms with Crippen LogP contribution in [0.2, 0.25) is 5.02 Å². The molecule has 0 bridgehead atoms. The van der Waals surface area contributed by atoms with Crippen molar-refractivity contribution in [3.05, 3.63) is 52.8 Å². The zero-order valence-corrected chi connectivity index (χ0v) is 12.5. The number of hydrogen-bond donors (Lipinski definition) is 0. The number of hydrogen-bond acceptors (Lipinski definition) is 2. The van der Waals surface area contributed by atoms with Crippen LogP contribution in [0.4, 0.5) is 0 Å². The highest BCUT2D eigenvalue weighted by Gasteiger charge is 2.14. The molecule has 0 saturated carbocycles. The lowest BCUT2D eigenvalue weighted by Gasteiger charge is -2.16. The minimum Gasteiger partial charge on any atom is -0.339 e. The van der Waals surface area contributed by atoms with Gasteiger partial charge in [0.1, 0.15) is 5.69 Å². The van der Waals surface area contributed by atoms with E-state index >= 15 is 0 Å². The van der Waals surface area contributed by atoms with Crippen molar-refractivity contribution in [2.45, 2.75) is 26.4 Å². The Morgan fingerprint density at radius 2 is 2.05 bits per heavy atom. The van der Waals surface area contributed by atoms with E-state index < -0.39 is 0 Å². The van der Waals surface area contributed by atoms with Gasteiger partial charge in [0, 0.05) is 19.8 Å². The van der Waals surface area contributed by atoms with Crippen LogP contribution in [-0.2, 0) is 24.3 Å². The molecule has 0 saturated heterocycles. The molecule has 1 heterocycles. The molecule has 2 aromatic rings. The fraction of sp³-hybridized carbons (Fsp3) is 0.333. The molecule has 20 heavy (non-hydrogen) atoms. The van der Waals surface area contributed by atoms with E-state index in [-0.39, 0.29) is 5.91 Å². The van der Waals surface area contributed by atoms with Crippen molar-refractivity contribution in [2.24, 2.45) is 0 Å². The molecule has 0 aliphatic carbocycles. The molecular formula is C15H18ClN3O. The summed E-state index contributed by atoms with van der Waals surface area (Å²) in [5.74, 6) is 0.0540. The Bertz CT molecular complexity index is 580. The molecular weight excluding hydrogens is 274 g/mol. The van der Waals surface area contributed by atoms with Crippen LogP contribution in [0, 0.1) is 0 Å². The Hall–Kier alpha value is -1.81. The molecule has 1 aromatic heterocycles. The van der Waals surface area contributed by atoms with E-state index in [1.54, 1.807) is 22.8 Å². The Labute approximate surface area is 124 Å². The van der Waals surface area contributed by atoms with Crippen LogP contribution in [0.5, 0.6) is 0 Å². The van der Waals surface area contributed by atoms with Crippen molar-refractivity contribution >= 4 is 17.5 Å². The summed E-state index contributed by atoms with van der Waals surface area (Å²) in [5.41, 5.74) is 1.74. The molecule has 0 atom stereocenters. The molecule has 0 aliphatic rings. The van der Waals surface area contributed by atoms with Crippen molar-refractivity contribution in [2.75, 3.05) is 7.05 Å². The van der Waals surface area contributed by atoms with Crippen LogP contribution in [-0.4, -0.2) is 27.6 Å². The van der Waals surface area contributed by atoms with Gasteiger partial charge in [-0.2, -0.15) is 5.10 Å². The van der Waals surface area contributed by atoms with Crippen LogP contribution in [0.15, 0.2) is 36.5 Å². The quantitative estimate of drug-likeness (QED) is 0.849. The van der Waals surface area contributed by atoms with Crippen molar-refractivity contribution in [1.82, 2.24) is 14.7 Å². The smallest absolute Gasteiger partial charge is 0.227 e. The Morgan fingerprint density at radius 1 is 1.35 bits per heavy atom. The van der Waals surface area contributed by atoms with E-state index in [2.05, 4.69) is 5.10 Å². The fourth-order valence-electron chi connectivity index (χ4n) is 1.92. The number of halogens is 1. The summed E-state index contributed by atoms with van der Waals surface area (Å²) in [7, 11) is 1.77. The van der Waals surface area contributed by atoms with E-state index in [0.717, 1.165) is 17.8 Å². The number of rotatable bonds is 5. The summed E-state index contributed by atoms with van der Waals surface area (Å²) >= 11 is 6.11. The summed E-state index contributed by atoms with van der Waals surface area (Å²) in [6, 6.07) is 9.70. The van der Waals surface area contributed by atoms with Crippen molar-refractivity contribution in [3.63, 3.8) is 0 Å². The third kappa shape index (κ3) is 3.61. The second kappa shape index (κ2) is 6.57. The average Bonchev–Trinajstić information content (AvgIpc) is 2.80.